The van der Waals surface area contributed by atoms with Crippen molar-refractivity contribution in [3.63, 3.8) is 0 Å². The number of ether oxygens (including phenoxy) is 1. The molecule has 0 saturated heterocycles. The van der Waals surface area contributed by atoms with Gasteiger partial charge in [-0.3, -0.25) is 4.79 Å². The summed E-state index contributed by atoms with van der Waals surface area (Å²) in [6, 6.07) is 6.17. The molecule has 4 heteroatoms. The van der Waals surface area contributed by atoms with Crippen LogP contribution >= 0.6 is 0 Å². The van der Waals surface area contributed by atoms with E-state index in [0.29, 0.717) is 12.6 Å². The number of para-hydroxylation sites is 1. The van der Waals surface area contributed by atoms with Crippen LogP contribution in [0, 0.1) is 6.92 Å². The minimum atomic E-state index is -0.0388. The maximum atomic E-state index is 11.9. The number of amides is 1. The monoisotopic (exact) mass is 276 g/mol. The molecule has 20 heavy (non-hydrogen) atoms. The van der Waals surface area contributed by atoms with Gasteiger partial charge >= 0.3 is 0 Å². The third kappa shape index (κ3) is 3.97. The van der Waals surface area contributed by atoms with Crippen LogP contribution < -0.4 is 15.8 Å². The average molecular weight is 276 g/mol. The summed E-state index contributed by atoms with van der Waals surface area (Å²) in [5, 5.41) is 3.05. The number of nitrogens with two attached hydrogens (primary N) is 1. The third-order valence-corrected chi connectivity index (χ3v) is 3.83. The van der Waals surface area contributed by atoms with Crippen molar-refractivity contribution in [3.05, 3.63) is 29.3 Å². The molecule has 3 N–H and O–H groups in total. The minimum absolute atomic E-state index is 0.0388. The molecule has 0 aliphatic heterocycles. The van der Waals surface area contributed by atoms with Crippen molar-refractivity contribution in [2.24, 2.45) is 5.73 Å². The predicted molar refractivity (Wildman–Crippen MR) is 79.6 cm³/mol. The Morgan fingerprint density at radius 1 is 1.35 bits per heavy atom. The molecule has 0 heterocycles. The second kappa shape index (κ2) is 7.29. The van der Waals surface area contributed by atoms with E-state index in [1.165, 1.54) is 19.3 Å². The SMILES string of the molecule is Cc1cccc(CN)c1OCC(=O)NC1CCCCC1. The predicted octanol–water partition coefficient (Wildman–Crippen LogP) is 2.28. The largest absolute Gasteiger partial charge is 0.483 e. The summed E-state index contributed by atoms with van der Waals surface area (Å²) in [4.78, 5) is 11.9. The van der Waals surface area contributed by atoms with Gasteiger partial charge in [0.15, 0.2) is 6.61 Å². The fraction of sp³-hybridized carbons (Fsp3) is 0.562. The molecule has 1 aliphatic rings. The molecule has 0 bridgehead atoms. The standard InChI is InChI=1S/C16H24N2O2/c1-12-6-5-7-13(10-17)16(12)20-11-15(19)18-14-8-3-2-4-9-14/h5-7,14H,2-4,8-11,17H2,1H3,(H,18,19). The number of rotatable bonds is 5. The second-order valence-corrected chi connectivity index (χ2v) is 5.46. The first-order chi connectivity index (χ1) is 9.70. The average Bonchev–Trinajstić information content (AvgIpc) is 2.46. The van der Waals surface area contributed by atoms with Gasteiger partial charge in [-0.2, -0.15) is 0 Å². The van der Waals surface area contributed by atoms with Crippen molar-refractivity contribution in [3.8, 4) is 5.75 Å². The van der Waals surface area contributed by atoms with Crippen molar-refractivity contribution >= 4 is 5.91 Å². The lowest BCUT2D eigenvalue weighted by Crippen LogP contribution is -2.39. The summed E-state index contributed by atoms with van der Waals surface area (Å²) in [6.07, 6.45) is 5.88. The first-order valence-electron chi connectivity index (χ1n) is 7.41. The Labute approximate surface area is 120 Å². The molecule has 0 unspecified atom stereocenters. The Hall–Kier alpha value is -1.55. The van der Waals surface area contributed by atoms with Crippen LogP contribution in [0.2, 0.25) is 0 Å². The fourth-order valence-electron chi connectivity index (χ4n) is 2.73. The quantitative estimate of drug-likeness (QED) is 0.867. The Balaban J connectivity index is 1.86. The molecule has 0 spiro atoms. The van der Waals surface area contributed by atoms with Gasteiger partial charge in [-0.25, -0.2) is 0 Å². The van der Waals surface area contributed by atoms with E-state index in [9.17, 15) is 4.79 Å². The lowest BCUT2D eigenvalue weighted by Gasteiger charge is -2.23. The third-order valence-electron chi connectivity index (χ3n) is 3.83. The van der Waals surface area contributed by atoms with Gasteiger partial charge in [0.25, 0.3) is 5.91 Å². The molecule has 2 rings (SSSR count). The summed E-state index contributed by atoms with van der Waals surface area (Å²) < 4.78 is 5.67. The second-order valence-electron chi connectivity index (χ2n) is 5.46. The molecule has 110 valence electrons. The summed E-state index contributed by atoms with van der Waals surface area (Å²) in [5.74, 6) is 0.705. The molecule has 0 atom stereocenters. The molecular weight excluding hydrogens is 252 g/mol. The maximum absolute atomic E-state index is 11.9. The molecule has 1 aliphatic carbocycles. The highest BCUT2D eigenvalue weighted by molar-refractivity contribution is 5.78. The van der Waals surface area contributed by atoms with Gasteiger partial charge in [0.2, 0.25) is 0 Å². The number of carbonyl (C=O) groups is 1. The molecule has 1 amide bonds. The number of carbonyl (C=O) groups excluding carboxylic acids is 1. The van der Waals surface area contributed by atoms with E-state index < -0.39 is 0 Å². The van der Waals surface area contributed by atoms with Crippen molar-refractivity contribution in [2.75, 3.05) is 6.61 Å². The highest BCUT2D eigenvalue weighted by Gasteiger charge is 2.16. The molecule has 1 aromatic carbocycles. The van der Waals surface area contributed by atoms with Crippen LogP contribution in [-0.2, 0) is 11.3 Å². The summed E-state index contributed by atoms with van der Waals surface area (Å²) >= 11 is 0. The van der Waals surface area contributed by atoms with Crippen LogP contribution in [0.5, 0.6) is 5.75 Å². The molecule has 1 fully saturated rings. The van der Waals surface area contributed by atoms with Gasteiger partial charge in [0, 0.05) is 18.2 Å². The van der Waals surface area contributed by atoms with Crippen LogP contribution in [0.4, 0.5) is 0 Å². The highest BCUT2D eigenvalue weighted by atomic mass is 16.5. The van der Waals surface area contributed by atoms with Crippen LogP contribution in [-0.4, -0.2) is 18.6 Å². The Morgan fingerprint density at radius 3 is 2.80 bits per heavy atom. The summed E-state index contributed by atoms with van der Waals surface area (Å²) in [6.45, 7) is 2.45. The zero-order valence-corrected chi connectivity index (χ0v) is 12.2. The molecule has 0 radical (unpaired) electrons. The number of nitrogens with one attached hydrogen (secondary N) is 1. The minimum Gasteiger partial charge on any atom is -0.483 e. The van der Waals surface area contributed by atoms with Crippen molar-refractivity contribution in [1.82, 2.24) is 5.32 Å². The smallest absolute Gasteiger partial charge is 0.258 e. The first kappa shape index (κ1) is 14.9. The molecular formula is C16H24N2O2. The van der Waals surface area contributed by atoms with E-state index in [2.05, 4.69) is 5.32 Å². The van der Waals surface area contributed by atoms with Gasteiger partial charge in [0.05, 0.1) is 0 Å². The molecule has 1 saturated carbocycles. The van der Waals surface area contributed by atoms with Crippen LogP contribution in [0.1, 0.15) is 43.2 Å². The zero-order chi connectivity index (χ0) is 14.4. The van der Waals surface area contributed by atoms with Gasteiger partial charge in [0.1, 0.15) is 5.75 Å². The van der Waals surface area contributed by atoms with Gasteiger partial charge in [-0.05, 0) is 25.3 Å². The van der Waals surface area contributed by atoms with Gasteiger partial charge < -0.3 is 15.8 Å². The van der Waals surface area contributed by atoms with E-state index in [1.807, 2.05) is 25.1 Å². The van der Waals surface area contributed by atoms with E-state index in [4.69, 9.17) is 10.5 Å². The lowest BCUT2D eigenvalue weighted by atomic mass is 9.95. The number of aryl methyl sites for hydroxylation is 1. The molecule has 0 aromatic heterocycles. The van der Waals surface area contributed by atoms with Crippen molar-refractivity contribution in [2.45, 2.75) is 51.6 Å². The maximum Gasteiger partial charge on any atom is 0.258 e. The van der Waals surface area contributed by atoms with Crippen molar-refractivity contribution < 1.29 is 9.53 Å². The number of benzene rings is 1. The Bertz CT molecular complexity index is 454. The number of hydrogen-bond donors (Lipinski definition) is 2. The summed E-state index contributed by atoms with van der Waals surface area (Å²) in [5.41, 5.74) is 7.65. The number of hydrogen-bond acceptors (Lipinski definition) is 3. The van der Waals surface area contributed by atoms with Crippen LogP contribution in [0.25, 0.3) is 0 Å². The van der Waals surface area contributed by atoms with Gasteiger partial charge in [-0.15, -0.1) is 0 Å². The van der Waals surface area contributed by atoms with Crippen molar-refractivity contribution in [1.29, 1.82) is 0 Å². The van der Waals surface area contributed by atoms with E-state index in [-0.39, 0.29) is 12.5 Å². The van der Waals surface area contributed by atoms with Gasteiger partial charge in [-0.1, -0.05) is 37.5 Å². The fourth-order valence-corrected chi connectivity index (χ4v) is 2.73. The van der Waals surface area contributed by atoms with Crippen LogP contribution in [0.3, 0.4) is 0 Å². The van der Waals surface area contributed by atoms with E-state index >= 15 is 0 Å². The molecule has 4 nitrogen and oxygen atoms in total. The van der Waals surface area contributed by atoms with E-state index in [1.54, 1.807) is 0 Å². The van der Waals surface area contributed by atoms with E-state index in [0.717, 1.165) is 29.7 Å². The Morgan fingerprint density at radius 2 is 2.10 bits per heavy atom. The van der Waals surface area contributed by atoms with Crippen LogP contribution in [0.15, 0.2) is 18.2 Å². The Kier molecular flexibility index (Phi) is 5.41. The topological polar surface area (TPSA) is 64.3 Å². The lowest BCUT2D eigenvalue weighted by molar-refractivity contribution is -0.124. The normalized spacial score (nSPS) is 15.9. The zero-order valence-electron chi connectivity index (χ0n) is 12.2. The summed E-state index contributed by atoms with van der Waals surface area (Å²) in [7, 11) is 0. The first-order valence-corrected chi connectivity index (χ1v) is 7.41. The molecule has 1 aromatic rings. The highest BCUT2D eigenvalue weighted by Crippen LogP contribution is 2.23.